The molecular formula is C23H29N3O5S. The highest BCUT2D eigenvalue weighted by Gasteiger charge is 2.27. The van der Waals surface area contributed by atoms with Gasteiger partial charge >= 0.3 is 5.97 Å². The Bertz CT molecular complexity index is 957. The number of hydrogen-bond acceptors (Lipinski definition) is 7. The third-order valence-electron chi connectivity index (χ3n) is 5.46. The Morgan fingerprint density at radius 2 is 1.97 bits per heavy atom. The molecule has 0 saturated carbocycles. The lowest BCUT2D eigenvalue weighted by Gasteiger charge is -2.34. The zero-order valence-electron chi connectivity index (χ0n) is 18.4. The number of esters is 1. The van der Waals surface area contributed by atoms with Crippen molar-refractivity contribution in [1.82, 2.24) is 4.90 Å². The van der Waals surface area contributed by atoms with Crippen molar-refractivity contribution >= 4 is 34.1 Å². The highest BCUT2D eigenvalue weighted by molar-refractivity contribution is 7.15. The minimum Gasteiger partial charge on any atom is -0.497 e. The summed E-state index contributed by atoms with van der Waals surface area (Å²) in [7, 11) is 1.59. The van der Waals surface area contributed by atoms with Crippen LogP contribution in [0.5, 0.6) is 5.75 Å². The van der Waals surface area contributed by atoms with Crippen molar-refractivity contribution in [3.8, 4) is 16.9 Å². The van der Waals surface area contributed by atoms with Gasteiger partial charge in [-0.05, 0) is 44.0 Å². The van der Waals surface area contributed by atoms with Crippen LogP contribution in [-0.2, 0) is 14.3 Å². The van der Waals surface area contributed by atoms with Crippen molar-refractivity contribution in [2.75, 3.05) is 32.1 Å². The van der Waals surface area contributed by atoms with Gasteiger partial charge in [0, 0.05) is 23.4 Å². The van der Waals surface area contributed by atoms with E-state index in [-0.39, 0.29) is 37.4 Å². The van der Waals surface area contributed by atoms with E-state index in [1.165, 1.54) is 11.3 Å². The molecule has 3 rings (SSSR count). The average Bonchev–Trinajstić information content (AvgIpc) is 3.18. The van der Waals surface area contributed by atoms with Crippen LogP contribution in [0.25, 0.3) is 11.1 Å². The Labute approximate surface area is 191 Å². The minimum absolute atomic E-state index is 0.0327. The van der Waals surface area contributed by atoms with E-state index in [9.17, 15) is 14.4 Å². The zero-order valence-corrected chi connectivity index (χ0v) is 19.2. The molecule has 0 spiro atoms. The third kappa shape index (κ3) is 5.86. The number of rotatable bonds is 9. The smallest absolute Gasteiger partial charge is 0.341 e. The van der Waals surface area contributed by atoms with Gasteiger partial charge in [-0.1, -0.05) is 18.6 Å². The molecule has 1 atom stereocenters. The number of piperidine rings is 1. The summed E-state index contributed by atoms with van der Waals surface area (Å²) < 4.78 is 10.5. The molecule has 1 aromatic heterocycles. The van der Waals surface area contributed by atoms with Crippen molar-refractivity contribution in [3.05, 3.63) is 35.2 Å². The standard InChI is InChI=1S/C23H29N3O5S/c1-3-31-23(29)21-18(15-7-9-17(30-2)10-8-15)14-32-22(21)25-20(28)13-26-11-5-4-6-16(26)12-19(24)27/h7-10,14,16H,3-6,11-13H2,1-2H3,(H2,24,27)(H,25,28). The summed E-state index contributed by atoms with van der Waals surface area (Å²) >= 11 is 1.28. The summed E-state index contributed by atoms with van der Waals surface area (Å²) in [5.74, 6) is -0.383. The number of methoxy groups -OCH3 is 1. The van der Waals surface area contributed by atoms with Crippen LogP contribution >= 0.6 is 11.3 Å². The van der Waals surface area contributed by atoms with Crippen molar-refractivity contribution < 1.29 is 23.9 Å². The molecular weight excluding hydrogens is 430 g/mol. The van der Waals surface area contributed by atoms with Crippen molar-refractivity contribution in [2.45, 2.75) is 38.6 Å². The maximum Gasteiger partial charge on any atom is 0.341 e. The first kappa shape index (κ1) is 23.7. The Morgan fingerprint density at radius 3 is 2.62 bits per heavy atom. The average molecular weight is 460 g/mol. The van der Waals surface area contributed by atoms with Crippen molar-refractivity contribution in [1.29, 1.82) is 0 Å². The number of thiophene rings is 1. The highest BCUT2D eigenvalue weighted by atomic mass is 32.1. The van der Waals surface area contributed by atoms with Gasteiger partial charge in [-0.2, -0.15) is 0 Å². The molecule has 2 aromatic rings. The number of nitrogens with two attached hydrogens (primary N) is 1. The number of anilines is 1. The lowest BCUT2D eigenvalue weighted by Crippen LogP contribution is -2.45. The number of carbonyl (C=O) groups excluding carboxylic acids is 3. The van der Waals surface area contributed by atoms with E-state index in [4.69, 9.17) is 15.2 Å². The van der Waals surface area contributed by atoms with E-state index in [1.807, 2.05) is 34.5 Å². The van der Waals surface area contributed by atoms with Crippen LogP contribution in [0, 0.1) is 0 Å². The number of amides is 2. The van der Waals surface area contributed by atoms with Gasteiger partial charge in [0.15, 0.2) is 0 Å². The van der Waals surface area contributed by atoms with Crippen LogP contribution in [0.4, 0.5) is 5.00 Å². The van der Waals surface area contributed by atoms with Crippen LogP contribution in [0.3, 0.4) is 0 Å². The van der Waals surface area contributed by atoms with Gasteiger partial charge in [-0.3, -0.25) is 14.5 Å². The Morgan fingerprint density at radius 1 is 1.22 bits per heavy atom. The molecule has 2 heterocycles. The first-order valence-corrected chi connectivity index (χ1v) is 11.6. The molecule has 2 amide bonds. The van der Waals surface area contributed by atoms with Crippen LogP contribution in [0.1, 0.15) is 43.0 Å². The predicted molar refractivity (Wildman–Crippen MR) is 124 cm³/mol. The number of primary amides is 1. The van der Waals surface area contributed by atoms with E-state index in [1.54, 1.807) is 14.0 Å². The third-order valence-corrected chi connectivity index (χ3v) is 6.35. The molecule has 1 unspecified atom stereocenters. The molecule has 0 aliphatic carbocycles. The minimum atomic E-state index is -0.487. The number of likely N-dealkylation sites (tertiary alicyclic amines) is 1. The molecule has 1 aliphatic heterocycles. The summed E-state index contributed by atoms with van der Waals surface area (Å²) in [4.78, 5) is 39.0. The highest BCUT2D eigenvalue weighted by Crippen LogP contribution is 2.37. The monoisotopic (exact) mass is 459 g/mol. The predicted octanol–water partition coefficient (Wildman–Crippen LogP) is 3.27. The summed E-state index contributed by atoms with van der Waals surface area (Å²) in [6.45, 7) is 2.84. The normalized spacial score (nSPS) is 16.4. The SMILES string of the molecule is CCOC(=O)c1c(-c2ccc(OC)cc2)csc1NC(=O)CN1CCCCC1CC(N)=O. The molecule has 0 bridgehead atoms. The summed E-state index contributed by atoms with van der Waals surface area (Å²) in [5.41, 5.74) is 7.22. The van der Waals surface area contributed by atoms with E-state index in [2.05, 4.69) is 5.32 Å². The van der Waals surface area contributed by atoms with Gasteiger partial charge < -0.3 is 20.5 Å². The van der Waals surface area contributed by atoms with Gasteiger partial charge in [-0.25, -0.2) is 4.79 Å². The number of nitrogens with zero attached hydrogens (tertiary/aromatic N) is 1. The summed E-state index contributed by atoms with van der Waals surface area (Å²) in [6.07, 6.45) is 3.06. The number of carbonyl (C=O) groups is 3. The Kier molecular flexibility index (Phi) is 8.24. The maximum absolute atomic E-state index is 12.8. The quantitative estimate of drug-likeness (QED) is 0.557. The molecule has 3 N–H and O–H groups in total. The largest absolute Gasteiger partial charge is 0.497 e. The Balaban J connectivity index is 1.80. The molecule has 172 valence electrons. The van der Waals surface area contributed by atoms with E-state index in [0.717, 1.165) is 31.4 Å². The fraction of sp³-hybridized carbons (Fsp3) is 0.435. The number of benzene rings is 1. The summed E-state index contributed by atoms with van der Waals surface area (Å²) in [5, 5.41) is 5.16. The lowest BCUT2D eigenvalue weighted by molar-refractivity contribution is -0.122. The maximum atomic E-state index is 12.8. The molecule has 1 aliphatic rings. The van der Waals surface area contributed by atoms with Gasteiger partial charge in [0.1, 0.15) is 16.3 Å². The topological polar surface area (TPSA) is 111 Å². The van der Waals surface area contributed by atoms with Gasteiger partial charge in [0.25, 0.3) is 0 Å². The molecule has 32 heavy (non-hydrogen) atoms. The molecule has 1 saturated heterocycles. The number of hydrogen-bond donors (Lipinski definition) is 2. The molecule has 1 fully saturated rings. The summed E-state index contributed by atoms with van der Waals surface area (Å²) in [6, 6.07) is 7.31. The van der Waals surface area contributed by atoms with Crippen LogP contribution in [0.15, 0.2) is 29.6 Å². The molecule has 8 nitrogen and oxygen atoms in total. The van der Waals surface area contributed by atoms with E-state index in [0.29, 0.717) is 21.9 Å². The Hall–Kier alpha value is -2.91. The van der Waals surface area contributed by atoms with Gasteiger partial charge in [0.2, 0.25) is 11.8 Å². The van der Waals surface area contributed by atoms with E-state index < -0.39 is 5.97 Å². The van der Waals surface area contributed by atoms with Crippen LogP contribution in [0.2, 0.25) is 0 Å². The van der Waals surface area contributed by atoms with Crippen LogP contribution in [-0.4, -0.2) is 55.5 Å². The molecule has 1 aromatic carbocycles. The molecule has 9 heteroatoms. The second kappa shape index (κ2) is 11.1. The van der Waals surface area contributed by atoms with Crippen molar-refractivity contribution in [2.24, 2.45) is 5.73 Å². The first-order valence-electron chi connectivity index (χ1n) is 10.7. The lowest BCUT2D eigenvalue weighted by atomic mass is 9.99. The van der Waals surface area contributed by atoms with Gasteiger partial charge in [-0.15, -0.1) is 11.3 Å². The second-order valence-electron chi connectivity index (χ2n) is 7.64. The second-order valence-corrected chi connectivity index (χ2v) is 8.52. The number of nitrogens with one attached hydrogen (secondary N) is 1. The first-order chi connectivity index (χ1) is 15.4. The fourth-order valence-electron chi connectivity index (χ4n) is 3.92. The fourth-order valence-corrected chi connectivity index (χ4v) is 4.89. The number of ether oxygens (including phenoxy) is 2. The molecule has 0 radical (unpaired) electrons. The van der Waals surface area contributed by atoms with Gasteiger partial charge in [0.05, 0.1) is 20.3 Å². The zero-order chi connectivity index (χ0) is 23.1. The van der Waals surface area contributed by atoms with E-state index >= 15 is 0 Å². The van der Waals surface area contributed by atoms with Crippen molar-refractivity contribution in [3.63, 3.8) is 0 Å². The van der Waals surface area contributed by atoms with Crippen LogP contribution < -0.4 is 15.8 Å².